The number of hydrogen-bond acceptors (Lipinski definition) is 4. The normalized spacial score (nSPS) is 15.2. The summed E-state index contributed by atoms with van der Waals surface area (Å²) in [7, 11) is 1.58. The van der Waals surface area contributed by atoms with Gasteiger partial charge in [0.1, 0.15) is 11.9 Å². The van der Waals surface area contributed by atoms with E-state index in [2.05, 4.69) is 16.0 Å². The molecule has 2 amide bonds. The number of amides is 2. The topological polar surface area (TPSA) is 79.5 Å². The summed E-state index contributed by atoms with van der Waals surface area (Å²) in [4.78, 5) is 25.2. The van der Waals surface area contributed by atoms with Crippen LogP contribution in [0, 0.1) is 0 Å². The smallest absolute Gasteiger partial charge is 0.232 e. The van der Waals surface area contributed by atoms with Crippen LogP contribution in [0.5, 0.6) is 5.75 Å². The Labute approximate surface area is 192 Å². The van der Waals surface area contributed by atoms with Crippen molar-refractivity contribution in [3.05, 3.63) is 58.1 Å². The van der Waals surface area contributed by atoms with Crippen molar-refractivity contribution in [3.8, 4) is 5.75 Å². The van der Waals surface area contributed by atoms with E-state index >= 15 is 0 Å². The Bertz CT molecular complexity index is 917. The van der Waals surface area contributed by atoms with Gasteiger partial charge in [0.05, 0.1) is 5.92 Å². The summed E-state index contributed by atoms with van der Waals surface area (Å²) in [6, 6.07) is 12.3. The number of benzene rings is 2. The summed E-state index contributed by atoms with van der Waals surface area (Å²) in [6.07, 6.45) is 2.36. The molecule has 166 valence electrons. The molecule has 1 aliphatic rings. The third-order valence-corrected chi connectivity index (χ3v) is 5.74. The number of halogens is 2. The minimum absolute atomic E-state index is 0.0664. The Morgan fingerprint density at radius 2 is 1.87 bits per heavy atom. The summed E-state index contributed by atoms with van der Waals surface area (Å²) in [5.74, 6) is -0.377. The highest BCUT2D eigenvalue weighted by atomic mass is 35.5. The van der Waals surface area contributed by atoms with Gasteiger partial charge < -0.3 is 20.7 Å². The highest BCUT2D eigenvalue weighted by molar-refractivity contribution is 6.31. The van der Waals surface area contributed by atoms with Crippen molar-refractivity contribution in [2.75, 3.05) is 25.5 Å². The van der Waals surface area contributed by atoms with E-state index in [9.17, 15) is 9.59 Å². The molecule has 0 bridgehead atoms. The quantitative estimate of drug-likeness (QED) is 0.542. The minimum Gasteiger partial charge on any atom is -0.490 e. The molecule has 2 aromatic carbocycles. The van der Waals surface area contributed by atoms with Crippen LogP contribution in [0.25, 0.3) is 0 Å². The van der Waals surface area contributed by atoms with E-state index in [0.29, 0.717) is 33.5 Å². The van der Waals surface area contributed by atoms with E-state index in [-0.39, 0.29) is 24.3 Å². The highest BCUT2D eigenvalue weighted by Crippen LogP contribution is 2.35. The third-order valence-electron chi connectivity index (χ3n) is 5.27. The molecular formula is C23H27Cl2N3O3. The summed E-state index contributed by atoms with van der Waals surface area (Å²) in [5.41, 5.74) is 1.26. The average Bonchev–Trinajstić information content (AvgIpc) is 2.76. The number of piperidine rings is 1. The zero-order valence-corrected chi connectivity index (χ0v) is 18.9. The van der Waals surface area contributed by atoms with Crippen LogP contribution in [0.15, 0.2) is 42.5 Å². The Hall–Kier alpha value is -2.28. The largest absolute Gasteiger partial charge is 0.490 e. The molecule has 1 unspecified atom stereocenters. The Balaban J connectivity index is 1.88. The van der Waals surface area contributed by atoms with E-state index in [1.54, 1.807) is 49.5 Å². The Morgan fingerprint density at radius 3 is 2.58 bits per heavy atom. The van der Waals surface area contributed by atoms with Crippen LogP contribution in [0.1, 0.15) is 37.2 Å². The number of nitrogens with one attached hydrogen (secondary N) is 3. The molecule has 0 saturated carbocycles. The van der Waals surface area contributed by atoms with Gasteiger partial charge in [0.15, 0.2) is 0 Å². The van der Waals surface area contributed by atoms with Gasteiger partial charge in [-0.3, -0.25) is 9.59 Å². The zero-order valence-electron chi connectivity index (χ0n) is 17.4. The van der Waals surface area contributed by atoms with Gasteiger partial charge in [0.2, 0.25) is 11.8 Å². The maximum absolute atomic E-state index is 13.3. The van der Waals surface area contributed by atoms with E-state index in [4.69, 9.17) is 27.9 Å². The molecule has 1 heterocycles. The lowest BCUT2D eigenvalue weighted by Crippen LogP contribution is -2.34. The summed E-state index contributed by atoms with van der Waals surface area (Å²) in [6.45, 7) is 1.78. The van der Waals surface area contributed by atoms with Crippen LogP contribution in [-0.4, -0.2) is 38.1 Å². The second-order valence-corrected chi connectivity index (χ2v) is 8.39. The first-order valence-corrected chi connectivity index (χ1v) is 11.2. The van der Waals surface area contributed by atoms with Crippen molar-refractivity contribution in [3.63, 3.8) is 0 Å². The van der Waals surface area contributed by atoms with Crippen molar-refractivity contribution in [2.45, 2.75) is 37.7 Å². The first-order valence-electron chi connectivity index (χ1n) is 10.4. The predicted octanol–water partition coefficient (Wildman–Crippen LogP) is 4.37. The van der Waals surface area contributed by atoms with Gasteiger partial charge in [-0.15, -0.1) is 0 Å². The van der Waals surface area contributed by atoms with Gasteiger partial charge in [-0.1, -0.05) is 29.3 Å². The van der Waals surface area contributed by atoms with Crippen LogP contribution in [0.3, 0.4) is 0 Å². The SMILES string of the molecule is CNC(=O)CCC(C(=O)Nc1cccc(Cl)c1)c1cc(Cl)ccc1OC1CCNCC1. The van der Waals surface area contributed by atoms with E-state index in [1.165, 1.54) is 0 Å². The second kappa shape index (κ2) is 11.4. The van der Waals surface area contributed by atoms with Crippen molar-refractivity contribution < 1.29 is 14.3 Å². The van der Waals surface area contributed by atoms with Crippen LogP contribution in [0.4, 0.5) is 5.69 Å². The lowest BCUT2D eigenvalue weighted by Gasteiger charge is -2.27. The van der Waals surface area contributed by atoms with Crippen molar-refractivity contribution in [2.24, 2.45) is 0 Å². The molecule has 1 atom stereocenters. The maximum Gasteiger partial charge on any atom is 0.232 e. The summed E-state index contributed by atoms with van der Waals surface area (Å²) < 4.78 is 6.27. The molecule has 1 saturated heterocycles. The maximum atomic E-state index is 13.3. The number of anilines is 1. The molecule has 31 heavy (non-hydrogen) atoms. The summed E-state index contributed by atoms with van der Waals surface area (Å²) in [5, 5.41) is 9.87. The minimum atomic E-state index is -0.619. The first kappa shape index (κ1) is 23.4. The molecule has 1 fully saturated rings. The van der Waals surface area contributed by atoms with Crippen LogP contribution >= 0.6 is 23.2 Å². The number of carbonyl (C=O) groups is 2. The lowest BCUT2D eigenvalue weighted by atomic mass is 9.92. The number of carbonyl (C=O) groups excluding carboxylic acids is 2. The van der Waals surface area contributed by atoms with Gasteiger partial charge in [-0.2, -0.15) is 0 Å². The molecule has 0 aliphatic carbocycles. The fraction of sp³-hybridized carbons (Fsp3) is 0.391. The standard InChI is InChI=1S/C23H27Cl2N3O3/c1-26-22(29)8-6-19(23(30)28-17-4-2-3-15(24)13-17)20-14-16(25)5-7-21(20)31-18-9-11-27-12-10-18/h2-5,7,13-14,18-19,27H,6,8-12H2,1H3,(H,26,29)(H,28,30). The average molecular weight is 464 g/mol. The van der Waals surface area contributed by atoms with E-state index < -0.39 is 5.92 Å². The molecule has 0 spiro atoms. The number of rotatable bonds is 8. The molecule has 0 aromatic heterocycles. The third kappa shape index (κ3) is 6.86. The van der Waals surface area contributed by atoms with E-state index in [1.807, 2.05) is 0 Å². The Morgan fingerprint density at radius 1 is 1.13 bits per heavy atom. The molecule has 2 aromatic rings. The van der Waals surface area contributed by atoms with Crippen LogP contribution < -0.4 is 20.7 Å². The molecule has 3 N–H and O–H groups in total. The molecule has 8 heteroatoms. The zero-order chi connectivity index (χ0) is 22.2. The fourth-order valence-electron chi connectivity index (χ4n) is 3.62. The number of ether oxygens (including phenoxy) is 1. The second-order valence-electron chi connectivity index (χ2n) is 7.51. The van der Waals surface area contributed by atoms with Crippen LogP contribution in [0.2, 0.25) is 10.0 Å². The van der Waals surface area contributed by atoms with Crippen LogP contribution in [-0.2, 0) is 9.59 Å². The lowest BCUT2D eigenvalue weighted by molar-refractivity contribution is -0.121. The van der Waals surface area contributed by atoms with Gasteiger partial charge >= 0.3 is 0 Å². The monoisotopic (exact) mass is 463 g/mol. The molecule has 0 radical (unpaired) electrons. The number of hydrogen-bond donors (Lipinski definition) is 3. The highest BCUT2D eigenvalue weighted by Gasteiger charge is 2.27. The molecule has 1 aliphatic heterocycles. The van der Waals surface area contributed by atoms with Crippen molar-refractivity contribution in [1.82, 2.24) is 10.6 Å². The molecular weight excluding hydrogens is 437 g/mol. The van der Waals surface area contributed by atoms with Gasteiger partial charge in [-0.25, -0.2) is 0 Å². The van der Waals surface area contributed by atoms with Crippen molar-refractivity contribution >= 4 is 40.7 Å². The predicted molar refractivity (Wildman–Crippen MR) is 124 cm³/mol. The first-order chi connectivity index (χ1) is 15.0. The van der Waals surface area contributed by atoms with Gasteiger partial charge in [0, 0.05) is 34.8 Å². The molecule has 3 rings (SSSR count). The molecule has 6 nitrogen and oxygen atoms in total. The Kier molecular flexibility index (Phi) is 8.58. The van der Waals surface area contributed by atoms with E-state index in [0.717, 1.165) is 25.9 Å². The summed E-state index contributed by atoms with van der Waals surface area (Å²) >= 11 is 12.3. The van der Waals surface area contributed by atoms with Gasteiger partial charge in [0.25, 0.3) is 0 Å². The van der Waals surface area contributed by atoms with Crippen molar-refractivity contribution in [1.29, 1.82) is 0 Å². The van der Waals surface area contributed by atoms with Gasteiger partial charge in [-0.05, 0) is 68.8 Å². The fourth-order valence-corrected chi connectivity index (χ4v) is 3.99.